The van der Waals surface area contributed by atoms with Crippen LogP contribution in [0.2, 0.25) is 0 Å². The molecule has 8 nitrogen and oxygen atoms in total. The molecule has 2 amide bonds. The summed E-state index contributed by atoms with van der Waals surface area (Å²) in [7, 11) is 0. The first-order valence-corrected chi connectivity index (χ1v) is 11.0. The summed E-state index contributed by atoms with van der Waals surface area (Å²) in [6, 6.07) is 13.6. The second-order valence-electron chi connectivity index (χ2n) is 8.48. The lowest BCUT2D eigenvalue weighted by Crippen LogP contribution is -2.40. The molecule has 0 radical (unpaired) electrons. The second kappa shape index (κ2) is 8.20. The number of nitrogens with one attached hydrogen (secondary N) is 2. The van der Waals surface area contributed by atoms with Gasteiger partial charge < -0.3 is 19.9 Å². The van der Waals surface area contributed by atoms with Gasteiger partial charge in [0.05, 0.1) is 11.3 Å². The van der Waals surface area contributed by atoms with Crippen molar-refractivity contribution in [1.29, 1.82) is 0 Å². The highest BCUT2D eigenvalue weighted by Gasteiger charge is 2.30. The molecule has 8 heteroatoms. The van der Waals surface area contributed by atoms with Crippen LogP contribution in [0.4, 0.5) is 5.69 Å². The van der Waals surface area contributed by atoms with Crippen LogP contribution in [0.1, 0.15) is 40.5 Å². The quantitative estimate of drug-likeness (QED) is 0.603. The van der Waals surface area contributed by atoms with Gasteiger partial charge in [0.2, 0.25) is 5.56 Å². The number of H-pyrrole nitrogens is 1. The van der Waals surface area contributed by atoms with Gasteiger partial charge in [-0.15, -0.1) is 0 Å². The lowest BCUT2D eigenvalue weighted by molar-refractivity contribution is -0.122. The van der Waals surface area contributed by atoms with Crippen molar-refractivity contribution < 1.29 is 19.1 Å². The van der Waals surface area contributed by atoms with Crippen molar-refractivity contribution in [2.75, 3.05) is 18.4 Å². The fourth-order valence-corrected chi connectivity index (χ4v) is 4.49. The molecule has 1 fully saturated rings. The van der Waals surface area contributed by atoms with Crippen molar-refractivity contribution in [2.45, 2.75) is 25.9 Å². The molecule has 0 aliphatic carbocycles. The average Bonchev–Trinajstić information content (AvgIpc) is 2.83. The molecule has 5 rings (SSSR count). The summed E-state index contributed by atoms with van der Waals surface area (Å²) in [5.41, 5.74) is 1.69. The molecule has 2 N–H and O–H groups in total. The third kappa shape index (κ3) is 3.88. The minimum absolute atomic E-state index is 0.0145. The zero-order valence-electron chi connectivity index (χ0n) is 18.1. The number of anilines is 1. The van der Waals surface area contributed by atoms with E-state index in [-0.39, 0.29) is 29.1 Å². The van der Waals surface area contributed by atoms with Gasteiger partial charge >= 0.3 is 0 Å². The van der Waals surface area contributed by atoms with Crippen LogP contribution in [0.3, 0.4) is 0 Å². The maximum atomic E-state index is 13.2. The zero-order valence-corrected chi connectivity index (χ0v) is 18.1. The molecule has 0 spiro atoms. The SMILES string of the molecule is CC1Oc2ccc(C(=O)C3CCN(C(=O)c4cc(=O)[nH]c5ccccc45)CC3)cc2NC1=O. The molecule has 2 aromatic carbocycles. The summed E-state index contributed by atoms with van der Waals surface area (Å²) in [4.78, 5) is 54.6. The van der Waals surface area contributed by atoms with Crippen molar-refractivity contribution in [3.63, 3.8) is 0 Å². The van der Waals surface area contributed by atoms with Crippen molar-refractivity contribution in [3.05, 3.63) is 70.0 Å². The number of Topliss-reactive ketones (excluding diaryl/α,β-unsaturated/α-hetero) is 1. The molecule has 0 saturated carbocycles. The van der Waals surface area contributed by atoms with Crippen LogP contribution in [-0.2, 0) is 4.79 Å². The number of aromatic amines is 1. The van der Waals surface area contributed by atoms with E-state index >= 15 is 0 Å². The van der Waals surface area contributed by atoms with Crippen molar-refractivity contribution in [3.8, 4) is 5.75 Å². The fourth-order valence-electron chi connectivity index (χ4n) is 4.49. The topological polar surface area (TPSA) is 109 Å². The number of nitrogens with zero attached hydrogens (tertiary/aromatic N) is 1. The van der Waals surface area contributed by atoms with Gasteiger partial charge in [0, 0.05) is 41.5 Å². The molecule has 3 heterocycles. The number of hydrogen-bond acceptors (Lipinski definition) is 5. The highest BCUT2D eigenvalue weighted by molar-refractivity contribution is 6.06. The number of carbonyl (C=O) groups excluding carboxylic acids is 3. The summed E-state index contributed by atoms with van der Waals surface area (Å²) in [6.07, 6.45) is 0.490. The molecule has 1 aromatic heterocycles. The van der Waals surface area contributed by atoms with Crippen LogP contribution in [0.5, 0.6) is 5.75 Å². The van der Waals surface area contributed by atoms with Crippen LogP contribution < -0.4 is 15.6 Å². The Bertz CT molecular complexity index is 1340. The first-order valence-electron chi connectivity index (χ1n) is 11.0. The zero-order chi connectivity index (χ0) is 23.1. The highest BCUT2D eigenvalue weighted by atomic mass is 16.5. The molecule has 3 aromatic rings. The molecule has 1 atom stereocenters. The number of pyridine rings is 1. The number of piperidine rings is 1. The van der Waals surface area contributed by atoms with E-state index in [1.165, 1.54) is 6.07 Å². The number of fused-ring (bicyclic) bond motifs is 2. The second-order valence-corrected chi connectivity index (χ2v) is 8.48. The normalized spacial score (nSPS) is 18.4. The minimum atomic E-state index is -0.571. The molecule has 2 aliphatic heterocycles. The van der Waals surface area contributed by atoms with Gasteiger partial charge in [-0.1, -0.05) is 18.2 Å². The van der Waals surface area contributed by atoms with E-state index in [1.807, 2.05) is 18.2 Å². The molecule has 2 aliphatic rings. The number of hydrogen-bond donors (Lipinski definition) is 2. The van der Waals surface area contributed by atoms with E-state index in [0.717, 1.165) is 0 Å². The predicted molar refractivity (Wildman–Crippen MR) is 123 cm³/mol. The smallest absolute Gasteiger partial charge is 0.265 e. The summed E-state index contributed by atoms with van der Waals surface area (Å²) >= 11 is 0. The number of amides is 2. The van der Waals surface area contributed by atoms with Gasteiger partial charge in [-0.2, -0.15) is 0 Å². The number of ketones is 1. The van der Waals surface area contributed by atoms with Crippen LogP contribution in [0.25, 0.3) is 10.9 Å². The molecule has 168 valence electrons. The number of aromatic nitrogens is 1. The Hall–Kier alpha value is -3.94. The van der Waals surface area contributed by atoms with E-state index in [2.05, 4.69) is 10.3 Å². The van der Waals surface area contributed by atoms with Gasteiger partial charge in [0.1, 0.15) is 5.75 Å². The molecular formula is C25H23N3O5. The Morgan fingerprint density at radius 3 is 2.58 bits per heavy atom. The van der Waals surface area contributed by atoms with Crippen LogP contribution in [-0.4, -0.2) is 46.7 Å². The molecule has 33 heavy (non-hydrogen) atoms. The summed E-state index contributed by atoms with van der Waals surface area (Å²) in [6.45, 7) is 2.53. The number of rotatable bonds is 3. The van der Waals surface area contributed by atoms with E-state index < -0.39 is 6.10 Å². The Kier molecular flexibility index (Phi) is 5.20. The van der Waals surface area contributed by atoms with Crippen LogP contribution >= 0.6 is 0 Å². The number of benzene rings is 2. The van der Waals surface area contributed by atoms with Crippen molar-refractivity contribution >= 4 is 34.2 Å². The van der Waals surface area contributed by atoms with Crippen LogP contribution in [0, 0.1) is 5.92 Å². The van der Waals surface area contributed by atoms with Gasteiger partial charge in [-0.3, -0.25) is 19.2 Å². The maximum absolute atomic E-state index is 13.2. The standard InChI is InChI=1S/C25H23N3O5/c1-14-24(31)27-20-12-16(6-7-21(20)33-14)23(30)15-8-10-28(11-9-15)25(32)18-13-22(29)26-19-5-3-2-4-17(18)19/h2-7,12-15H,8-11H2,1H3,(H,26,29)(H,27,31). The Morgan fingerprint density at radius 2 is 1.79 bits per heavy atom. The van der Waals surface area contributed by atoms with Crippen LogP contribution in [0.15, 0.2) is 53.3 Å². The third-order valence-corrected chi connectivity index (χ3v) is 6.33. The van der Waals surface area contributed by atoms with Crippen molar-refractivity contribution in [2.24, 2.45) is 5.92 Å². The van der Waals surface area contributed by atoms with Gasteiger partial charge in [-0.25, -0.2) is 0 Å². The van der Waals surface area contributed by atoms with Gasteiger partial charge in [-0.05, 0) is 44.0 Å². The number of ether oxygens (including phenoxy) is 1. The lowest BCUT2D eigenvalue weighted by Gasteiger charge is -2.32. The largest absolute Gasteiger partial charge is 0.479 e. The molecule has 0 bridgehead atoms. The van der Waals surface area contributed by atoms with Gasteiger partial charge in [0.15, 0.2) is 11.9 Å². The first-order chi connectivity index (χ1) is 15.9. The Morgan fingerprint density at radius 1 is 1.03 bits per heavy atom. The summed E-state index contributed by atoms with van der Waals surface area (Å²) in [5, 5.41) is 3.47. The average molecular weight is 445 g/mol. The van der Waals surface area contributed by atoms with E-state index in [9.17, 15) is 19.2 Å². The molecule has 1 unspecified atom stereocenters. The minimum Gasteiger partial charge on any atom is -0.479 e. The Labute approximate surface area is 189 Å². The van der Waals surface area contributed by atoms with Gasteiger partial charge in [0.25, 0.3) is 11.8 Å². The summed E-state index contributed by atoms with van der Waals surface area (Å²) in [5.74, 6) is -0.136. The molecule has 1 saturated heterocycles. The summed E-state index contributed by atoms with van der Waals surface area (Å²) < 4.78 is 5.55. The fraction of sp³-hybridized carbons (Fsp3) is 0.280. The van der Waals surface area contributed by atoms with E-state index in [4.69, 9.17) is 4.74 Å². The third-order valence-electron chi connectivity index (χ3n) is 6.33. The van der Waals surface area contributed by atoms with E-state index in [1.54, 1.807) is 36.1 Å². The predicted octanol–water partition coefficient (Wildman–Crippen LogP) is 2.98. The number of carbonyl (C=O) groups is 3. The Balaban J connectivity index is 1.29. The monoisotopic (exact) mass is 445 g/mol. The maximum Gasteiger partial charge on any atom is 0.265 e. The molecular weight excluding hydrogens is 422 g/mol. The van der Waals surface area contributed by atoms with Crippen molar-refractivity contribution in [1.82, 2.24) is 9.88 Å². The highest BCUT2D eigenvalue weighted by Crippen LogP contribution is 2.32. The number of likely N-dealkylation sites (tertiary alicyclic amines) is 1. The number of para-hydroxylation sites is 1. The van der Waals surface area contributed by atoms with E-state index in [0.29, 0.717) is 59.4 Å². The first kappa shape index (κ1) is 20.9. The lowest BCUT2D eigenvalue weighted by atomic mass is 9.88.